The molecule has 1 unspecified atom stereocenters. The third-order valence-electron chi connectivity index (χ3n) is 3.52. The normalized spacial score (nSPS) is 22.7. The van der Waals surface area contributed by atoms with Crippen LogP contribution in [0.4, 0.5) is 0 Å². The maximum atomic E-state index is 5.77. The van der Waals surface area contributed by atoms with Gasteiger partial charge in [-0.15, -0.1) is 11.3 Å². The van der Waals surface area contributed by atoms with Gasteiger partial charge in [0.05, 0.1) is 15.8 Å². The van der Waals surface area contributed by atoms with Gasteiger partial charge in [-0.1, -0.05) is 23.9 Å². The number of hydrogen-bond donors (Lipinski definition) is 0. The molecule has 1 fully saturated rings. The molecule has 0 amide bonds. The zero-order chi connectivity index (χ0) is 13.3. The summed E-state index contributed by atoms with van der Waals surface area (Å²) < 4.78 is 8.26. The second-order valence-corrected chi connectivity index (χ2v) is 8.02. The Balaban J connectivity index is 1.62. The molecular weight excluding hydrogens is 274 g/mol. The van der Waals surface area contributed by atoms with Gasteiger partial charge in [-0.25, -0.2) is 4.98 Å². The number of aromatic nitrogens is 1. The predicted octanol–water partition coefficient (Wildman–Crippen LogP) is 4.59. The van der Waals surface area contributed by atoms with E-state index in [1.807, 2.05) is 11.8 Å². The number of fused-ring (bicyclic) bond motifs is 1. The molecule has 0 bridgehead atoms. The van der Waals surface area contributed by atoms with Crippen LogP contribution in [0.15, 0.2) is 28.6 Å². The van der Waals surface area contributed by atoms with Gasteiger partial charge in [-0.05, 0) is 44.7 Å². The zero-order valence-electron chi connectivity index (χ0n) is 11.4. The molecule has 1 aliphatic rings. The van der Waals surface area contributed by atoms with E-state index >= 15 is 0 Å². The van der Waals surface area contributed by atoms with Crippen molar-refractivity contribution in [2.24, 2.45) is 5.92 Å². The van der Waals surface area contributed by atoms with Gasteiger partial charge in [-0.3, -0.25) is 0 Å². The van der Waals surface area contributed by atoms with Gasteiger partial charge in [0.25, 0.3) is 0 Å². The van der Waals surface area contributed by atoms with Gasteiger partial charge in [0.2, 0.25) is 0 Å². The number of para-hydroxylation sites is 1. The maximum Gasteiger partial charge on any atom is 0.151 e. The summed E-state index contributed by atoms with van der Waals surface area (Å²) in [6, 6.07) is 8.37. The Bertz CT molecular complexity index is 531. The van der Waals surface area contributed by atoms with Crippen LogP contribution in [-0.4, -0.2) is 22.9 Å². The van der Waals surface area contributed by atoms with E-state index in [1.165, 1.54) is 15.5 Å². The molecule has 3 rings (SSSR count). The second-order valence-electron chi connectivity index (χ2n) is 5.73. The molecule has 1 atom stereocenters. The van der Waals surface area contributed by atoms with Crippen molar-refractivity contribution in [2.75, 3.05) is 12.4 Å². The van der Waals surface area contributed by atoms with Crippen LogP contribution in [0.5, 0.6) is 0 Å². The minimum atomic E-state index is 0.0526. The topological polar surface area (TPSA) is 22.1 Å². The molecule has 1 saturated heterocycles. The van der Waals surface area contributed by atoms with E-state index in [-0.39, 0.29) is 5.60 Å². The van der Waals surface area contributed by atoms with Gasteiger partial charge in [0, 0.05) is 12.4 Å². The van der Waals surface area contributed by atoms with Crippen molar-refractivity contribution in [3.8, 4) is 0 Å². The molecule has 102 valence electrons. The van der Waals surface area contributed by atoms with E-state index in [4.69, 9.17) is 4.74 Å². The van der Waals surface area contributed by atoms with Crippen molar-refractivity contribution < 1.29 is 4.74 Å². The molecule has 1 aromatic carbocycles. The second kappa shape index (κ2) is 5.43. The maximum absolute atomic E-state index is 5.77. The Hall–Kier alpha value is -0.580. The van der Waals surface area contributed by atoms with Crippen molar-refractivity contribution in [1.82, 2.24) is 4.98 Å². The van der Waals surface area contributed by atoms with Crippen LogP contribution in [-0.2, 0) is 4.74 Å². The molecule has 1 aromatic heterocycles. The van der Waals surface area contributed by atoms with Crippen molar-refractivity contribution in [3.63, 3.8) is 0 Å². The highest BCUT2D eigenvalue weighted by Crippen LogP contribution is 2.35. The summed E-state index contributed by atoms with van der Waals surface area (Å²) in [6.07, 6.45) is 2.34. The standard InChI is InChI=1S/C15H19NOS2/c1-15(2)9-11(7-8-17-15)10-18-14-16-12-5-3-4-6-13(12)19-14/h3-6,11H,7-10H2,1-2H3. The molecule has 0 aliphatic carbocycles. The summed E-state index contributed by atoms with van der Waals surface area (Å²) in [4.78, 5) is 4.68. The van der Waals surface area contributed by atoms with Crippen LogP contribution < -0.4 is 0 Å². The molecule has 1 aliphatic heterocycles. The predicted molar refractivity (Wildman–Crippen MR) is 83.1 cm³/mol. The molecule has 2 heterocycles. The number of benzene rings is 1. The Labute approximate surface area is 122 Å². The van der Waals surface area contributed by atoms with Gasteiger partial charge >= 0.3 is 0 Å². The molecular formula is C15H19NOS2. The lowest BCUT2D eigenvalue weighted by molar-refractivity contribution is -0.0682. The molecule has 2 nitrogen and oxygen atoms in total. The summed E-state index contributed by atoms with van der Waals surface area (Å²) in [5, 5.41) is 0. The summed E-state index contributed by atoms with van der Waals surface area (Å²) in [5.74, 6) is 1.91. The highest BCUT2D eigenvalue weighted by Gasteiger charge is 2.28. The molecule has 0 saturated carbocycles. The van der Waals surface area contributed by atoms with Crippen LogP contribution in [0.3, 0.4) is 0 Å². The number of rotatable bonds is 3. The first-order valence-electron chi connectivity index (χ1n) is 6.75. The minimum absolute atomic E-state index is 0.0526. The Morgan fingerprint density at radius 3 is 3.05 bits per heavy atom. The Morgan fingerprint density at radius 1 is 1.42 bits per heavy atom. The zero-order valence-corrected chi connectivity index (χ0v) is 13.0. The Kier molecular flexibility index (Phi) is 3.83. The van der Waals surface area contributed by atoms with Gasteiger partial charge < -0.3 is 4.74 Å². The molecule has 4 heteroatoms. The van der Waals surface area contributed by atoms with Gasteiger partial charge in [0.1, 0.15) is 0 Å². The van der Waals surface area contributed by atoms with E-state index in [2.05, 4.69) is 43.1 Å². The summed E-state index contributed by atoms with van der Waals surface area (Å²) in [7, 11) is 0. The highest BCUT2D eigenvalue weighted by molar-refractivity contribution is 8.01. The molecule has 2 aromatic rings. The van der Waals surface area contributed by atoms with Crippen LogP contribution in [0.1, 0.15) is 26.7 Å². The van der Waals surface area contributed by atoms with E-state index in [0.717, 1.165) is 30.2 Å². The van der Waals surface area contributed by atoms with Crippen LogP contribution in [0, 0.1) is 5.92 Å². The summed E-state index contributed by atoms with van der Waals surface area (Å²) >= 11 is 3.71. The largest absolute Gasteiger partial charge is 0.376 e. The van der Waals surface area contributed by atoms with E-state index in [1.54, 1.807) is 11.3 Å². The lowest BCUT2D eigenvalue weighted by atomic mass is 9.90. The van der Waals surface area contributed by atoms with Crippen LogP contribution >= 0.6 is 23.1 Å². The van der Waals surface area contributed by atoms with E-state index < -0.39 is 0 Å². The third-order valence-corrected chi connectivity index (χ3v) is 5.93. The van der Waals surface area contributed by atoms with Crippen LogP contribution in [0.25, 0.3) is 10.2 Å². The number of thiazole rings is 1. The average molecular weight is 293 g/mol. The number of ether oxygens (including phenoxy) is 1. The monoisotopic (exact) mass is 293 g/mol. The van der Waals surface area contributed by atoms with E-state index in [0.29, 0.717) is 0 Å². The smallest absolute Gasteiger partial charge is 0.151 e. The lowest BCUT2D eigenvalue weighted by Gasteiger charge is -2.35. The SMILES string of the molecule is CC1(C)CC(CSc2nc3ccccc3s2)CCO1. The number of thioether (sulfide) groups is 1. The quantitative estimate of drug-likeness (QED) is 0.773. The lowest BCUT2D eigenvalue weighted by Crippen LogP contribution is -2.34. The number of hydrogen-bond acceptors (Lipinski definition) is 4. The summed E-state index contributed by atoms with van der Waals surface area (Å²) in [5.41, 5.74) is 1.18. The van der Waals surface area contributed by atoms with E-state index in [9.17, 15) is 0 Å². The molecule has 0 N–H and O–H groups in total. The van der Waals surface area contributed by atoms with Gasteiger partial charge in [-0.2, -0.15) is 0 Å². The van der Waals surface area contributed by atoms with Crippen molar-refractivity contribution in [3.05, 3.63) is 24.3 Å². The Morgan fingerprint density at radius 2 is 2.26 bits per heavy atom. The van der Waals surface area contributed by atoms with Crippen molar-refractivity contribution in [2.45, 2.75) is 36.6 Å². The van der Waals surface area contributed by atoms with Crippen LogP contribution in [0.2, 0.25) is 0 Å². The third kappa shape index (κ3) is 3.30. The average Bonchev–Trinajstić information content (AvgIpc) is 2.78. The first kappa shape index (κ1) is 13.4. The fraction of sp³-hybridized carbons (Fsp3) is 0.533. The van der Waals surface area contributed by atoms with Crippen molar-refractivity contribution >= 4 is 33.3 Å². The fourth-order valence-corrected chi connectivity index (χ4v) is 4.83. The highest BCUT2D eigenvalue weighted by atomic mass is 32.2. The molecule has 0 radical (unpaired) electrons. The number of nitrogens with zero attached hydrogens (tertiary/aromatic N) is 1. The van der Waals surface area contributed by atoms with Crippen molar-refractivity contribution in [1.29, 1.82) is 0 Å². The summed E-state index contributed by atoms with van der Waals surface area (Å²) in [6.45, 7) is 5.29. The van der Waals surface area contributed by atoms with Gasteiger partial charge in [0.15, 0.2) is 4.34 Å². The first-order valence-corrected chi connectivity index (χ1v) is 8.55. The first-order chi connectivity index (χ1) is 9.12. The molecule has 19 heavy (non-hydrogen) atoms. The molecule has 0 spiro atoms. The fourth-order valence-electron chi connectivity index (χ4n) is 2.60. The minimum Gasteiger partial charge on any atom is -0.376 e.